The number of nitrogens with zero attached hydrogens (tertiary/aromatic N) is 1. The van der Waals surface area contributed by atoms with Crippen molar-refractivity contribution in [2.45, 2.75) is 26.0 Å². The van der Waals surface area contributed by atoms with Crippen molar-refractivity contribution in [3.63, 3.8) is 0 Å². The monoisotopic (exact) mass is 302 g/mol. The predicted octanol–water partition coefficient (Wildman–Crippen LogP) is 1.84. The third kappa shape index (κ3) is 4.08. The van der Waals surface area contributed by atoms with E-state index < -0.39 is 6.10 Å². The van der Waals surface area contributed by atoms with Crippen molar-refractivity contribution in [1.82, 2.24) is 10.2 Å². The normalized spacial score (nSPS) is 19.9. The summed E-state index contributed by atoms with van der Waals surface area (Å²) in [5, 5.41) is 3.23. The van der Waals surface area contributed by atoms with Crippen LogP contribution >= 0.6 is 12.4 Å². The molecular formula is C14H20ClFN2O2. The van der Waals surface area contributed by atoms with E-state index in [1.54, 1.807) is 24.0 Å². The smallest absolute Gasteiger partial charge is 0.263 e. The van der Waals surface area contributed by atoms with Gasteiger partial charge in [-0.25, -0.2) is 4.39 Å². The van der Waals surface area contributed by atoms with E-state index in [1.165, 1.54) is 12.1 Å². The number of nitrogens with one attached hydrogen (secondary N) is 1. The average molecular weight is 303 g/mol. The molecule has 0 bridgehead atoms. The van der Waals surface area contributed by atoms with E-state index in [2.05, 4.69) is 5.32 Å². The second kappa shape index (κ2) is 7.45. The lowest BCUT2D eigenvalue weighted by molar-refractivity contribution is -0.140. The summed E-state index contributed by atoms with van der Waals surface area (Å²) in [5.41, 5.74) is 0. The first-order valence-corrected chi connectivity index (χ1v) is 6.51. The maximum Gasteiger partial charge on any atom is 0.263 e. The molecule has 0 aliphatic carbocycles. The van der Waals surface area contributed by atoms with Gasteiger partial charge in [0.2, 0.25) is 0 Å². The van der Waals surface area contributed by atoms with Crippen LogP contribution in [0.2, 0.25) is 0 Å². The Morgan fingerprint density at radius 2 is 2.30 bits per heavy atom. The molecule has 2 unspecified atom stereocenters. The Morgan fingerprint density at radius 1 is 1.55 bits per heavy atom. The molecule has 1 fully saturated rings. The van der Waals surface area contributed by atoms with Gasteiger partial charge in [-0.3, -0.25) is 4.79 Å². The van der Waals surface area contributed by atoms with Crippen LogP contribution in [0.25, 0.3) is 0 Å². The standard InChI is InChI=1S/C14H19FN2O2.ClH/c1-10-9-16-6-7-17(10)14(18)11(2)19-13-5-3-4-12(15)8-13;/h3-5,8,10-11,16H,6-7,9H2,1-2H3;1H. The maximum absolute atomic E-state index is 13.1. The fourth-order valence-corrected chi connectivity index (χ4v) is 2.20. The molecule has 1 heterocycles. The molecule has 1 N–H and O–H groups in total. The van der Waals surface area contributed by atoms with Crippen LogP contribution in [0, 0.1) is 5.82 Å². The lowest BCUT2D eigenvalue weighted by Crippen LogP contribution is -2.55. The van der Waals surface area contributed by atoms with Crippen LogP contribution in [0.15, 0.2) is 24.3 Å². The average Bonchev–Trinajstić information content (AvgIpc) is 2.38. The Bertz CT molecular complexity index is 459. The molecule has 1 aliphatic heterocycles. The third-order valence-electron chi connectivity index (χ3n) is 3.24. The Morgan fingerprint density at radius 3 is 2.95 bits per heavy atom. The fourth-order valence-electron chi connectivity index (χ4n) is 2.20. The van der Waals surface area contributed by atoms with E-state index in [-0.39, 0.29) is 30.2 Å². The predicted molar refractivity (Wildman–Crippen MR) is 77.8 cm³/mol. The van der Waals surface area contributed by atoms with Crippen molar-refractivity contribution in [1.29, 1.82) is 0 Å². The van der Waals surface area contributed by atoms with Gasteiger partial charge in [0.1, 0.15) is 11.6 Å². The highest BCUT2D eigenvalue weighted by atomic mass is 35.5. The van der Waals surface area contributed by atoms with Gasteiger partial charge in [0.05, 0.1) is 0 Å². The van der Waals surface area contributed by atoms with Gasteiger partial charge < -0.3 is 15.0 Å². The minimum absolute atomic E-state index is 0. The number of carbonyl (C=O) groups excluding carboxylic acids is 1. The van der Waals surface area contributed by atoms with Crippen molar-refractivity contribution >= 4 is 18.3 Å². The maximum atomic E-state index is 13.1. The van der Waals surface area contributed by atoms with Crippen LogP contribution in [-0.2, 0) is 4.79 Å². The molecule has 2 atom stereocenters. The number of hydrogen-bond acceptors (Lipinski definition) is 3. The Kier molecular flexibility index (Phi) is 6.23. The molecule has 112 valence electrons. The van der Waals surface area contributed by atoms with Gasteiger partial charge in [-0.15, -0.1) is 12.4 Å². The van der Waals surface area contributed by atoms with E-state index >= 15 is 0 Å². The summed E-state index contributed by atoms with van der Waals surface area (Å²) in [6, 6.07) is 5.99. The number of benzene rings is 1. The Balaban J connectivity index is 0.00000200. The molecular weight excluding hydrogens is 283 g/mol. The molecule has 1 aliphatic rings. The number of hydrogen-bond donors (Lipinski definition) is 1. The number of piperazine rings is 1. The lowest BCUT2D eigenvalue weighted by atomic mass is 10.2. The molecule has 1 aromatic carbocycles. The number of amides is 1. The summed E-state index contributed by atoms with van der Waals surface area (Å²) in [5.74, 6) is -0.0467. The zero-order chi connectivity index (χ0) is 13.8. The van der Waals surface area contributed by atoms with Crippen LogP contribution in [0.4, 0.5) is 4.39 Å². The van der Waals surface area contributed by atoms with E-state index in [1.807, 2.05) is 6.92 Å². The van der Waals surface area contributed by atoms with Crippen molar-refractivity contribution in [3.8, 4) is 5.75 Å². The first-order chi connectivity index (χ1) is 9.08. The molecule has 1 saturated heterocycles. The largest absolute Gasteiger partial charge is 0.481 e. The van der Waals surface area contributed by atoms with Crippen LogP contribution < -0.4 is 10.1 Å². The molecule has 1 aromatic rings. The molecule has 6 heteroatoms. The van der Waals surface area contributed by atoms with Gasteiger partial charge in [-0.2, -0.15) is 0 Å². The zero-order valence-corrected chi connectivity index (χ0v) is 12.5. The second-order valence-electron chi connectivity index (χ2n) is 4.80. The van der Waals surface area contributed by atoms with E-state index in [9.17, 15) is 9.18 Å². The van der Waals surface area contributed by atoms with E-state index in [0.29, 0.717) is 12.3 Å². The molecule has 0 saturated carbocycles. The van der Waals surface area contributed by atoms with E-state index in [0.717, 1.165) is 13.1 Å². The topological polar surface area (TPSA) is 41.6 Å². The van der Waals surface area contributed by atoms with Crippen LogP contribution in [0.3, 0.4) is 0 Å². The van der Waals surface area contributed by atoms with Crippen LogP contribution in [0.1, 0.15) is 13.8 Å². The SMILES string of the molecule is CC(Oc1cccc(F)c1)C(=O)N1CCNCC1C.Cl. The van der Waals surface area contributed by atoms with Gasteiger partial charge in [0.25, 0.3) is 5.91 Å². The van der Waals surface area contributed by atoms with Crippen molar-refractivity contribution in [2.75, 3.05) is 19.6 Å². The van der Waals surface area contributed by atoms with Gasteiger partial charge in [0, 0.05) is 31.7 Å². The molecule has 0 aromatic heterocycles. The van der Waals surface area contributed by atoms with Gasteiger partial charge in [-0.1, -0.05) is 6.07 Å². The first-order valence-electron chi connectivity index (χ1n) is 6.51. The summed E-state index contributed by atoms with van der Waals surface area (Å²) in [6.07, 6.45) is -0.609. The second-order valence-corrected chi connectivity index (χ2v) is 4.80. The summed E-state index contributed by atoms with van der Waals surface area (Å²) in [6.45, 7) is 5.96. The number of rotatable bonds is 3. The van der Waals surface area contributed by atoms with Crippen molar-refractivity contribution < 1.29 is 13.9 Å². The quantitative estimate of drug-likeness (QED) is 0.926. The highest BCUT2D eigenvalue weighted by molar-refractivity contribution is 5.85. The zero-order valence-electron chi connectivity index (χ0n) is 11.6. The highest BCUT2D eigenvalue weighted by Crippen LogP contribution is 2.15. The van der Waals surface area contributed by atoms with Gasteiger partial charge in [-0.05, 0) is 26.0 Å². The minimum atomic E-state index is -0.609. The molecule has 0 radical (unpaired) electrons. The number of ether oxygens (including phenoxy) is 1. The van der Waals surface area contributed by atoms with Crippen molar-refractivity contribution in [2.24, 2.45) is 0 Å². The summed E-state index contributed by atoms with van der Waals surface area (Å²) in [4.78, 5) is 14.1. The molecule has 4 nitrogen and oxygen atoms in total. The Labute approximate surface area is 124 Å². The molecule has 20 heavy (non-hydrogen) atoms. The Hall–Kier alpha value is -1.33. The fraction of sp³-hybridized carbons (Fsp3) is 0.500. The number of halogens is 2. The van der Waals surface area contributed by atoms with Crippen LogP contribution in [0.5, 0.6) is 5.75 Å². The summed E-state index contributed by atoms with van der Waals surface area (Å²) >= 11 is 0. The molecule has 2 rings (SSSR count). The van der Waals surface area contributed by atoms with Gasteiger partial charge >= 0.3 is 0 Å². The van der Waals surface area contributed by atoms with E-state index in [4.69, 9.17) is 4.74 Å². The molecule has 0 spiro atoms. The minimum Gasteiger partial charge on any atom is -0.481 e. The van der Waals surface area contributed by atoms with Gasteiger partial charge in [0.15, 0.2) is 6.10 Å². The number of carbonyl (C=O) groups is 1. The van der Waals surface area contributed by atoms with Crippen molar-refractivity contribution in [3.05, 3.63) is 30.1 Å². The summed E-state index contributed by atoms with van der Waals surface area (Å²) in [7, 11) is 0. The first kappa shape index (κ1) is 16.7. The third-order valence-corrected chi connectivity index (χ3v) is 3.24. The lowest BCUT2D eigenvalue weighted by Gasteiger charge is -2.35. The highest BCUT2D eigenvalue weighted by Gasteiger charge is 2.27. The van der Waals surface area contributed by atoms with Crippen LogP contribution in [-0.4, -0.2) is 42.6 Å². The summed E-state index contributed by atoms with van der Waals surface area (Å²) < 4.78 is 18.6. The molecule has 1 amide bonds.